The topological polar surface area (TPSA) is 78.3 Å². The summed E-state index contributed by atoms with van der Waals surface area (Å²) in [6, 6.07) is 12.9. The molecule has 0 unspecified atom stereocenters. The van der Waals surface area contributed by atoms with Gasteiger partial charge in [0, 0.05) is 0 Å². The van der Waals surface area contributed by atoms with E-state index in [0.717, 1.165) is 11.3 Å². The number of nitrogens with one attached hydrogen (secondary N) is 1. The third-order valence-electron chi connectivity index (χ3n) is 3.75. The van der Waals surface area contributed by atoms with Crippen LogP contribution in [0.1, 0.15) is 12.5 Å². The van der Waals surface area contributed by atoms with Crippen molar-refractivity contribution < 1.29 is 14.3 Å². The minimum Gasteiger partial charge on any atom is -0.493 e. The SMILES string of the molecule is C/C=C/c1ccc(OCC(=O)Nc2ccccc2-n2cncn2)c(OC)c1. The van der Waals surface area contributed by atoms with Crippen LogP contribution >= 0.6 is 0 Å². The molecule has 0 fully saturated rings. The maximum atomic E-state index is 12.3. The smallest absolute Gasteiger partial charge is 0.262 e. The van der Waals surface area contributed by atoms with Crippen LogP contribution < -0.4 is 14.8 Å². The fourth-order valence-electron chi connectivity index (χ4n) is 2.54. The Morgan fingerprint density at radius 2 is 2.07 bits per heavy atom. The molecule has 0 saturated carbocycles. The molecular formula is C20H20N4O3. The molecule has 0 radical (unpaired) electrons. The molecule has 1 aromatic heterocycles. The Morgan fingerprint density at radius 1 is 1.22 bits per heavy atom. The van der Waals surface area contributed by atoms with E-state index in [1.165, 1.54) is 6.33 Å². The van der Waals surface area contributed by atoms with Gasteiger partial charge >= 0.3 is 0 Å². The average Bonchev–Trinajstić information content (AvgIpc) is 3.22. The molecule has 0 aliphatic heterocycles. The van der Waals surface area contributed by atoms with Crippen LogP contribution in [0.25, 0.3) is 11.8 Å². The molecule has 1 amide bonds. The molecule has 3 aromatic rings. The van der Waals surface area contributed by atoms with E-state index in [2.05, 4.69) is 15.4 Å². The normalized spacial score (nSPS) is 10.7. The minimum atomic E-state index is -0.290. The van der Waals surface area contributed by atoms with E-state index < -0.39 is 0 Å². The quantitative estimate of drug-likeness (QED) is 0.696. The zero-order valence-corrected chi connectivity index (χ0v) is 15.1. The van der Waals surface area contributed by atoms with Crippen molar-refractivity contribution in [2.75, 3.05) is 19.0 Å². The number of nitrogens with zero attached hydrogens (tertiary/aromatic N) is 3. The summed E-state index contributed by atoms with van der Waals surface area (Å²) in [5.74, 6) is 0.786. The molecule has 2 aromatic carbocycles. The first-order valence-corrected chi connectivity index (χ1v) is 8.38. The highest BCUT2D eigenvalue weighted by atomic mass is 16.5. The standard InChI is InChI=1S/C20H20N4O3/c1-3-6-15-9-10-18(19(11-15)26-2)27-12-20(25)23-16-7-4-5-8-17(16)24-14-21-13-22-24/h3-11,13-14H,12H2,1-2H3,(H,23,25)/b6-3+. The molecular weight excluding hydrogens is 344 g/mol. The number of hydrogen-bond acceptors (Lipinski definition) is 5. The van der Waals surface area contributed by atoms with Gasteiger partial charge in [-0.15, -0.1) is 0 Å². The van der Waals surface area contributed by atoms with E-state index in [4.69, 9.17) is 9.47 Å². The Morgan fingerprint density at radius 3 is 2.81 bits per heavy atom. The fourth-order valence-corrected chi connectivity index (χ4v) is 2.54. The largest absolute Gasteiger partial charge is 0.493 e. The molecule has 27 heavy (non-hydrogen) atoms. The Balaban J connectivity index is 1.68. The highest BCUT2D eigenvalue weighted by Crippen LogP contribution is 2.28. The number of methoxy groups -OCH3 is 1. The fraction of sp³-hybridized carbons (Fsp3) is 0.150. The van der Waals surface area contributed by atoms with Crippen molar-refractivity contribution in [2.24, 2.45) is 0 Å². The van der Waals surface area contributed by atoms with Crippen LogP contribution in [0.3, 0.4) is 0 Å². The molecule has 0 aliphatic carbocycles. The Labute approximate surface area is 157 Å². The van der Waals surface area contributed by atoms with Gasteiger partial charge in [-0.25, -0.2) is 9.67 Å². The summed E-state index contributed by atoms with van der Waals surface area (Å²) in [6.07, 6.45) is 6.90. The zero-order chi connectivity index (χ0) is 19.1. The summed E-state index contributed by atoms with van der Waals surface area (Å²) in [4.78, 5) is 16.3. The predicted octanol–water partition coefficient (Wildman–Crippen LogP) is 3.33. The summed E-state index contributed by atoms with van der Waals surface area (Å²) in [7, 11) is 1.57. The van der Waals surface area contributed by atoms with Crippen LogP contribution in [0.15, 0.2) is 61.2 Å². The van der Waals surface area contributed by atoms with Crippen molar-refractivity contribution in [2.45, 2.75) is 6.92 Å². The number of rotatable bonds is 7. The van der Waals surface area contributed by atoms with Crippen LogP contribution in [0, 0.1) is 0 Å². The second-order valence-electron chi connectivity index (χ2n) is 5.60. The molecule has 3 rings (SSSR count). The maximum Gasteiger partial charge on any atom is 0.262 e. The van der Waals surface area contributed by atoms with Crippen molar-refractivity contribution in [3.63, 3.8) is 0 Å². The number of anilines is 1. The van der Waals surface area contributed by atoms with Crippen LogP contribution in [0.4, 0.5) is 5.69 Å². The lowest BCUT2D eigenvalue weighted by atomic mass is 10.2. The van der Waals surface area contributed by atoms with E-state index in [-0.39, 0.29) is 12.5 Å². The average molecular weight is 364 g/mol. The number of benzene rings is 2. The molecule has 0 saturated heterocycles. The summed E-state index contributed by atoms with van der Waals surface area (Å²) >= 11 is 0. The van der Waals surface area contributed by atoms with Crippen molar-refractivity contribution in [1.82, 2.24) is 14.8 Å². The predicted molar refractivity (Wildman–Crippen MR) is 103 cm³/mol. The van der Waals surface area contributed by atoms with Crippen LogP contribution in [0.2, 0.25) is 0 Å². The molecule has 1 heterocycles. The third kappa shape index (κ3) is 4.52. The lowest BCUT2D eigenvalue weighted by Crippen LogP contribution is -2.21. The number of para-hydroxylation sites is 2. The molecule has 138 valence electrons. The first kappa shape index (κ1) is 18.2. The third-order valence-corrected chi connectivity index (χ3v) is 3.75. The molecule has 0 bridgehead atoms. The van der Waals surface area contributed by atoms with Crippen LogP contribution in [0.5, 0.6) is 11.5 Å². The zero-order valence-electron chi connectivity index (χ0n) is 15.1. The highest BCUT2D eigenvalue weighted by Gasteiger charge is 2.11. The number of carbonyl (C=O) groups is 1. The van der Waals surface area contributed by atoms with Gasteiger partial charge in [0.1, 0.15) is 12.7 Å². The molecule has 1 N–H and O–H groups in total. The summed E-state index contributed by atoms with van der Waals surface area (Å²) < 4.78 is 12.6. The van der Waals surface area contributed by atoms with Gasteiger partial charge < -0.3 is 14.8 Å². The van der Waals surface area contributed by atoms with Gasteiger partial charge in [0.2, 0.25) is 0 Å². The summed E-state index contributed by atoms with van der Waals surface area (Å²) in [6.45, 7) is 1.80. The van der Waals surface area contributed by atoms with Crippen molar-refractivity contribution in [1.29, 1.82) is 0 Å². The van der Waals surface area contributed by atoms with Gasteiger partial charge in [0.25, 0.3) is 5.91 Å². The van der Waals surface area contributed by atoms with E-state index in [9.17, 15) is 4.79 Å². The Kier molecular flexibility index (Phi) is 5.84. The van der Waals surface area contributed by atoms with Crippen molar-refractivity contribution in [3.05, 3.63) is 66.8 Å². The van der Waals surface area contributed by atoms with Crippen LogP contribution in [-0.4, -0.2) is 34.4 Å². The van der Waals surface area contributed by atoms with E-state index in [0.29, 0.717) is 17.2 Å². The lowest BCUT2D eigenvalue weighted by Gasteiger charge is -2.13. The first-order chi connectivity index (χ1) is 13.2. The van der Waals surface area contributed by atoms with Gasteiger partial charge in [-0.05, 0) is 36.8 Å². The van der Waals surface area contributed by atoms with Gasteiger partial charge in [0.05, 0.1) is 18.5 Å². The first-order valence-electron chi connectivity index (χ1n) is 8.38. The molecule has 7 heteroatoms. The van der Waals surface area contributed by atoms with E-state index in [1.54, 1.807) is 30.3 Å². The minimum absolute atomic E-state index is 0.148. The molecule has 0 spiro atoms. The van der Waals surface area contributed by atoms with Crippen molar-refractivity contribution >= 4 is 17.7 Å². The monoisotopic (exact) mass is 364 g/mol. The number of carbonyl (C=O) groups excluding carboxylic acids is 1. The van der Waals surface area contributed by atoms with Gasteiger partial charge in [0.15, 0.2) is 18.1 Å². The van der Waals surface area contributed by atoms with E-state index >= 15 is 0 Å². The number of allylic oxidation sites excluding steroid dienone is 1. The lowest BCUT2D eigenvalue weighted by molar-refractivity contribution is -0.118. The van der Waals surface area contributed by atoms with Crippen molar-refractivity contribution in [3.8, 4) is 17.2 Å². The summed E-state index contributed by atoms with van der Waals surface area (Å²) in [5.41, 5.74) is 2.33. The van der Waals surface area contributed by atoms with Gasteiger partial charge in [-0.1, -0.05) is 30.4 Å². The summed E-state index contributed by atoms with van der Waals surface area (Å²) in [5, 5.41) is 6.93. The molecule has 7 nitrogen and oxygen atoms in total. The Bertz CT molecular complexity index is 936. The van der Waals surface area contributed by atoms with Gasteiger partial charge in [-0.2, -0.15) is 5.10 Å². The molecule has 0 aliphatic rings. The second-order valence-corrected chi connectivity index (χ2v) is 5.60. The van der Waals surface area contributed by atoms with Gasteiger partial charge in [-0.3, -0.25) is 4.79 Å². The number of amides is 1. The number of aromatic nitrogens is 3. The van der Waals surface area contributed by atoms with E-state index in [1.807, 2.05) is 49.4 Å². The highest BCUT2D eigenvalue weighted by molar-refractivity contribution is 5.93. The Hall–Kier alpha value is -3.61. The molecule has 0 atom stereocenters. The van der Waals surface area contributed by atoms with Crippen LogP contribution in [-0.2, 0) is 4.79 Å². The maximum absolute atomic E-state index is 12.3. The number of hydrogen-bond donors (Lipinski definition) is 1. The second kappa shape index (κ2) is 8.66. The number of ether oxygens (including phenoxy) is 2.